The second-order valence-electron chi connectivity index (χ2n) is 7.58. The average molecular weight is 369 g/mol. The maximum atomic E-state index is 13.0. The van der Waals surface area contributed by atoms with Crippen LogP contribution in [0.15, 0.2) is 41.6 Å². The van der Waals surface area contributed by atoms with Gasteiger partial charge in [-0.2, -0.15) is 0 Å². The Hall–Kier alpha value is -2.34. The van der Waals surface area contributed by atoms with Crippen LogP contribution < -0.4 is 5.32 Å². The molecule has 0 bridgehead atoms. The Morgan fingerprint density at radius 3 is 2.48 bits per heavy atom. The normalized spacial score (nSPS) is 24.0. The summed E-state index contributed by atoms with van der Waals surface area (Å²) < 4.78 is 5.15. The fourth-order valence-corrected chi connectivity index (χ4v) is 4.13. The first kappa shape index (κ1) is 18.0. The van der Waals surface area contributed by atoms with Gasteiger partial charge in [-0.15, -0.1) is 0 Å². The molecule has 1 saturated carbocycles. The van der Waals surface area contributed by atoms with Gasteiger partial charge in [0.15, 0.2) is 0 Å². The molecule has 3 aliphatic rings. The van der Waals surface area contributed by atoms with Crippen molar-refractivity contribution in [3.63, 3.8) is 0 Å². The molecule has 1 N–H and O–H groups in total. The molecule has 1 saturated heterocycles. The maximum Gasteiger partial charge on any atom is 0.338 e. The summed E-state index contributed by atoms with van der Waals surface area (Å²) in [6, 6.07) is 9.29. The number of piperidine rings is 1. The summed E-state index contributed by atoms with van der Waals surface area (Å²) >= 11 is 0. The van der Waals surface area contributed by atoms with Crippen molar-refractivity contribution in [1.29, 1.82) is 0 Å². The van der Waals surface area contributed by atoms with E-state index in [1.807, 2.05) is 35.2 Å². The van der Waals surface area contributed by atoms with E-state index in [1.54, 1.807) is 0 Å². The highest BCUT2D eigenvalue weighted by Gasteiger charge is 2.44. The summed E-state index contributed by atoms with van der Waals surface area (Å²) in [5.74, 6) is -0.360. The van der Waals surface area contributed by atoms with Crippen LogP contribution in [-0.2, 0) is 9.53 Å². The van der Waals surface area contributed by atoms with E-state index < -0.39 is 6.04 Å². The number of urea groups is 1. The lowest BCUT2D eigenvalue weighted by Gasteiger charge is -2.39. The first-order chi connectivity index (χ1) is 13.2. The standard InChI is InChI=1S/C21H27N3O3/c1-27-20(25)18-17(14-23-12-6-3-7-13-23)24(16-10-11-16)21(26)22-19(18)15-8-4-2-5-9-15/h2,4-5,8-9,16,19H,3,6-7,10-14H2,1H3,(H,22,26)/t19-/m1/s1. The summed E-state index contributed by atoms with van der Waals surface area (Å²) in [6.07, 6.45) is 5.55. The molecular formula is C21H27N3O3. The van der Waals surface area contributed by atoms with E-state index in [2.05, 4.69) is 10.2 Å². The Bertz CT molecular complexity index is 736. The molecule has 1 aromatic rings. The molecule has 144 valence electrons. The summed E-state index contributed by atoms with van der Waals surface area (Å²) in [5, 5.41) is 3.05. The number of hydrogen-bond acceptors (Lipinski definition) is 4. The number of carbonyl (C=O) groups excluding carboxylic acids is 2. The monoisotopic (exact) mass is 369 g/mol. The van der Waals surface area contributed by atoms with E-state index in [4.69, 9.17) is 4.74 Å². The third-order valence-electron chi connectivity index (χ3n) is 5.65. The zero-order valence-corrected chi connectivity index (χ0v) is 15.8. The fraction of sp³-hybridized carbons (Fsp3) is 0.524. The van der Waals surface area contributed by atoms with Crippen LogP contribution >= 0.6 is 0 Å². The quantitative estimate of drug-likeness (QED) is 0.811. The number of carbonyl (C=O) groups is 2. The Morgan fingerprint density at radius 2 is 1.85 bits per heavy atom. The Labute approximate surface area is 160 Å². The molecule has 1 aromatic carbocycles. The topological polar surface area (TPSA) is 61.9 Å². The minimum Gasteiger partial charge on any atom is -0.466 e. The third kappa shape index (κ3) is 3.72. The van der Waals surface area contributed by atoms with Gasteiger partial charge in [0.2, 0.25) is 0 Å². The summed E-state index contributed by atoms with van der Waals surface area (Å²) in [6.45, 7) is 2.64. The number of benzene rings is 1. The summed E-state index contributed by atoms with van der Waals surface area (Å²) in [7, 11) is 1.41. The number of methoxy groups -OCH3 is 1. The van der Waals surface area contributed by atoms with Gasteiger partial charge in [-0.1, -0.05) is 36.8 Å². The van der Waals surface area contributed by atoms with Gasteiger partial charge >= 0.3 is 12.0 Å². The van der Waals surface area contributed by atoms with Gasteiger partial charge in [0.25, 0.3) is 0 Å². The molecule has 0 unspecified atom stereocenters. The van der Waals surface area contributed by atoms with E-state index in [1.165, 1.54) is 26.4 Å². The van der Waals surface area contributed by atoms with E-state index in [-0.39, 0.29) is 18.0 Å². The molecule has 2 fully saturated rings. The predicted molar refractivity (Wildman–Crippen MR) is 102 cm³/mol. The molecule has 4 rings (SSSR count). The van der Waals surface area contributed by atoms with Gasteiger partial charge in [0.05, 0.1) is 18.7 Å². The molecule has 1 atom stereocenters. The van der Waals surface area contributed by atoms with Gasteiger partial charge < -0.3 is 10.1 Å². The zero-order chi connectivity index (χ0) is 18.8. The van der Waals surface area contributed by atoms with Crippen molar-refractivity contribution >= 4 is 12.0 Å². The number of ether oxygens (including phenoxy) is 1. The molecule has 2 aliphatic heterocycles. The number of hydrogen-bond donors (Lipinski definition) is 1. The lowest BCUT2D eigenvalue weighted by atomic mass is 9.94. The Morgan fingerprint density at radius 1 is 1.15 bits per heavy atom. The number of nitrogens with zero attached hydrogens (tertiary/aromatic N) is 2. The second kappa shape index (κ2) is 7.72. The van der Waals surface area contributed by atoms with Crippen molar-refractivity contribution in [1.82, 2.24) is 15.1 Å². The van der Waals surface area contributed by atoms with Crippen molar-refractivity contribution in [2.45, 2.75) is 44.2 Å². The molecule has 27 heavy (non-hydrogen) atoms. The van der Waals surface area contributed by atoms with Crippen LogP contribution in [0.1, 0.15) is 43.7 Å². The lowest BCUT2D eigenvalue weighted by Crippen LogP contribution is -2.52. The van der Waals surface area contributed by atoms with Crippen LogP contribution in [0.4, 0.5) is 4.79 Å². The summed E-state index contributed by atoms with van der Waals surface area (Å²) in [4.78, 5) is 30.0. The van der Waals surface area contributed by atoms with Crippen LogP contribution in [0.5, 0.6) is 0 Å². The van der Waals surface area contributed by atoms with Gasteiger partial charge in [0, 0.05) is 18.3 Å². The molecule has 1 aliphatic carbocycles. The summed E-state index contributed by atoms with van der Waals surface area (Å²) in [5.41, 5.74) is 2.29. The molecule has 0 spiro atoms. The van der Waals surface area contributed by atoms with Crippen LogP contribution in [-0.4, -0.2) is 54.6 Å². The maximum absolute atomic E-state index is 13.0. The van der Waals surface area contributed by atoms with Crippen molar-refractivity contribution in [2.75, 3.05) is 26.7 Å². The lowest BCUT2D eigenvalue weighted by molar-refractivity contribution is -0.136. The minimum absolute atomic E-state index is 0.106. The van der Waals surface area contributed by atoms with E-state index in [0.29, 0.717) is 12.1 Å². The van der Waals surface area contributed by atoms with Crippen LogP contribution in [0.25, 0.3) is 0 Å². The van der Waals surface area contributed by atoms with E-state index >= 15 is 0 Å². The van der Waals surface area contributed by atoms with Gasteiger partial charge in [-0.3, -0.25) is 9.80 Å². The molecule has 2 heterocycles. The van der Waals surface area contributed by atoms with Crippen molar-refractivity contribution in [3.05, 3.63) is 47.2 Å². The molecule has 2 amide bonds. The van der Waals surface area contributed by atoms with Crippen molar-refractivity contribution < 1.29 is 14.3 Å². The molecule has 6 nitrogen and oxygen atoms in total. The number of nitrogens with one attached hydrogen (secondary N) is 1. The van der Waals surface area contributed by atoms with Crippen LogP contribution in [0, 0.1) is 0 Å². The SMILES string of the molecule is COC(=O)C1=C(CN2CCCCC2)N(C2CC2)C(=O)N[C@@H]1c1ccccc1. The number of amides is 2. The van der Waals surface area contributed by atoms with Crippen molar-refractivity contribution in [2.24, 2.45) is 0 Å². The van der Waals surface area contributed by atoms with Gasteiger partial charge in [0.1, 0.15) is 0 Å². The predicted octanol–water partition coefficient (Wildman–Crippen LogP) is 2.83. The fourth-order valence-electron chi connectivity index (χ4n) is 4.13. The largest absolute Gasteiger partial charge is 0.466 e. The number of likely N-dealkylation sites (tertiary alicyclic amines) is 1. The molecule has 0 aromatic heterocycles. The Kier molecular flexibility index (Phi) is 5.16. The third-order valence-corrected chi connectivity index (χ3v) is 5.65. The first-order valence-corrected chi connectivity index (χ1v) is 9.87. The molecule has 0 radical (unpaired) electrons. The minimum atomic E-state index is -0.471. The van der Waals surface area contributed by atoms with E-state index in [0.717, 1.165) is 37.2 Å². The molecule has 6 heteroatoms. The van der Waals surface area contributed by atoms with Crippen LogP contribution in [0.2, 0.25) is 0 Å². The number of esters is 1. The number of rotatable bonds is 5. The van der Waals surface area contributed by atoms with Crippen LogP contribution in [0.3, 0.4) is 0 Å². The second-order valence-corrected chi connectivity index (χ2v) is 7.58. The average Bonchev–Trinajstić information content (AvgIpc) is 3.53. The first-order valence-electron chi connectivity index (χ1n) is 9.87. The highest BCUT2D eigenvalue weighted by atomic mass is 16.5. The van der Waals surface area contributed by atoms with E-state index in [9.17, 15) is 9.59 Å². The van der Waals surface area contributed by atoms with Gasteiger partial charge in [-0.05, 0) is 44.3 Å². The Balaban J connectivity index is 1.78. The highest BCUT2D eigenvalue weighted by Crippen LogP contribution is 2.38. The smallest absolute Gasteiger partial charge is 0.338 e. The van der Waals surface area contributed by atoms with Gasteiger partial charge in [-0.25, -0.2) is 9.59 Å². The zero-order valence-electron chi connectivity index (χ0n) is 15.8. The highest BCUT2D eigenvalue weighted by molar-refractivity contribution is 5.95. The van der Waals surface area contributed by atoms with Crippen molar-refractivity contribution in [3.8, 4) is 0 Å². The molecular weight excluding hydrogens is 342 g/mol.